The average Bonchev–Trinajstić information content (AvgIpc) is 2.18. The third-order valence-electron chi connectivity index (χ3n) is 1.91. The van der Waals surface area contributed by atoms with Gasteiger partial charge in [-0.2, -0.15) is 0 Å². The Hall–Kier alpha value is -0.760. The van der Waals surface area contributed by atoms with E-state index in [9.17, 15) is 0 Å². The maximum Gasteiger partial charge on any atom is 0.128 e. The van der Waals surface area contributed by atoms with Crippen molar-refractivity contribution in [1.29, 1.82) is 0 Å². The van der Waals surface area contributed by atoms with Gasteiger partial charge in [-0.05, 0) is 18.1 Å². The quantitative estimate of drug-likeness (QED) is 0.692. The Labute approximate surface area is 84.5 Å². The predicted octanol–water partition coefficient (Wildman–Crippen LogP) is 2.67. The Balaban J connectivity index is 2.67. The van der Waals surface area contributed by atoms with Crippen molar-refractivity contribution >= 4 is 17.4 Å². The molecule has 0 aliphatic rings. The number of pyridine rings is 1. The van der Waals surface area contributed by atoms with E-state index in [0.29, 0.717) is 5.88 Å². The molecule has 0 amide bonds. The van der Waals surface area contributed by atoms with E-state index in [0.717, 1.165) is 24.3 Å². The van der Waals surface area contributed by atoms with Crippen LogP contribution in [0.25, 0.3) is 0 Å². The van der Waals surface area contributed by atoms with Crippen molar-refractivity contribution in [3.05, 3.63) is 23.9 Å². The van der Waals surface area contributed by atoms with Crippen LogP contribution in [0.5, 0.6) is 0 Å². The largest absolute Gasteiger partial charge is 0.360 e. The Morgan fingerprint density at radius 1 is 1.46 bits per heavy atom. The highest BCUT2D eigenvalue weighted by Crippen LogP contribution is 2.10. The summed E-state index contributed by atoms with van der Waals surface area (Å²) in [4.78, 5) is 6.45. The van der Waals surface area contributed by atoms with Crippen molar-refractivity contribution in [2.75, 3.05) is 18.5 Å². The van der Waals surface area contributed by atoms with E-state index < -0.39 is 0 Å². The molecule has 1 aromatic rings. The molecule has 0 aliphatic heterocycles. The second-order valence-electron chi connectivity index (χ2n) is 3.08. The van der Waals surface area contributed by atoms with E-state index in [1.807, 2.05) is 25.4 Å². The maximum absolute atomic E-state index is 5.67. The van der Waals surface area contributed by atoms with Gasteiger partial charge in [0.1, 0.15) is 5.82 Å². The van der Waals surface area contributed by atoms with Crippen LogP contribution in [-0.2, 0) is 5.88 Å². The number of hydrogen-bond acceptors (Lipinski definition) is 2. The van der Waals surface area contributed by atoms with Gasteiger partial charge in [-0.25, -0.2) is 4.98 Å². The van der Waals surface area contributed by atoms with E-state index in [1.165, 1.54) is 0 Å². The molecular formula is C10H15ClN2. The zero-order chi connectivity index (χ0) is 9.68. The summed E-state index contributed by atoms with van der Waals surface area (Å²) in [5.41, 5.74) is 1.07. The van der Waals surface area contributed by atoms with Gasteiger partial charge in [0.15, 0.2) is 0 Å². The Morgan fingerprint density at radius 3 is 2.69 bits per heavy atom. The lowest BCUT2D eigenvalue weighted by atomic mass is 10.3. The highest BCUT2D eigenvalue weighted by atomic mass is 35.5. The highest BCUT2D eigenvalue weighted by Gasteiger charge is 1.99. The van der Waals surface area contributed by atoms with Crippen molar-refractivity contribution in [3.8, 4) is 0 Å². The monoisotopic (exact) mass is 198 g/mol. The number of nitrogens with zero attached hydrogens (tertiary/aromatic N) is 2. The number of hydrogen-bond donors (Lipinski definition) is 0. The van der Waals surface area contributed by atoms with Crippen LogP contribution in [-0.4, -0.2) is 18.6 Å². The van der Waals surface area contributed by atoms with Gasteiger partial charge in [0, 0.05) is 25.7 Å². The molecule has 13 heavy (non-hydrogen) atoms. The van der Waals surface area contributed by atoms with Crippen molar-refractivity contribution in [1.82, 2.24) is 4.98 Å². The summed E-state index contributed by atoms with van der Waals surface area (Å²) in [5.74, 6) is 1.54. The van der Waals surface area contributed by atoms with E-state index in [4.69, 9.17) is 11.6 Å². The maximum atomic E-state index is 5.67. The topological polar surface area (TPSA) is 16.1 Å². The number of halogens is 1. The van der Waals surface area contributed by atoms with Crippen molar-refractivity contribution in [3.63, 3.8) is 0 Å². The molecule has 72 valence electrons. The summed E-state index contributed by atoms with van der Waals surface area (Å²) >= 11 is 5.67. The zero-order valence-electron chi connectivity index (χ0n) is 8.13. The first-order valence-corrected chi connectivity index (χ1v) is 5.03. The lowest BCUT2D eigenvalue weighted by Gasteiger charge is -2.16. The predicted molar refractivity (Wildman–Crippen MR) is 57.4 cm³/mol. The smallest absolute Gasteiger partial charge is 0.128 e. The van der Waals surface area contributed by atoms with Gasteiger partial charge in [-0.3, -0.25) is 0 Å². The lowest BCUT2D eigenvalue weighted by molar-refractivity contribution is 0.837. The van der Waals surface area contributed by atoms with E-state index in [-0.39, 0.29) is 0 Å². The van der Waals surface area contributed by atoms with Crippen LogP contribution in [0.3, 0.4) is 0 Å². The molecule has 2 nitrogen and oxygen atoms in total. The average molecular weight is 199 g/mol. The minimum atomic E-state index is 0.533. The summed E-state index contributed by atoms with van der Waals surface area (Å²) in [6, 6.07) is 4.02. The van der Waals surface area contributed by atoms with E-state index in [2.05, 4.69) is 16.8 Å². The van der Waals surface area contributed by atoms with Gasteiger partial charge in [0.2, 0.25) is 0 Å². The molecule has 1 rings (SSSR count). The molecule has 0 spiro atoms. The van der Waals surface area contributed by atoms with Crippen LogP contribution in [0.2, 0.25) is 0 Å². The SMILES string of the molecule is CCCN(C)c1ccc(CCl)cn1. The highest BCUT2D eigenvalue weighted by molar-refractivity contribution is 6.17. The van der Waals surface area contributed by atoms with Gasteiger partial charge in [0.25, 0.3) is 0 Å². The van der Waals surface area contributed by atoms with Crippen LogP contribution >= 0.6 is 11.6 Å². The van der Waals surface area contributed by atoms with Gasteiger partial charge < -0.3 is 4.90 Å². The summed E-state index contributed by atoms with van der Waals surface area (Å²) in [6.07, 6.45) is 2.96. The van der Waals surface area contributed by atoms with Crippen LogP contribution in [0.1, 0.15) is 18.9 Å². The van der Waals surface area contributed by atoms with Crippen molar-refractivity contribution in [2.45, 2.75) is 19.2 Å². The normalized spacial score (nSPS) is 10.1. The standard InChI is InChI=1S/C10H15ClN2/c1-3-6-13(2)10-5-4-9(7-11)8-12-10/h4-5,8H,3,6-7H2,1-2H3. The number of aromatic nitrogens is 1. The molecule has 0 aromatic carbocycles. The van der Waals surface area contributed by atoms with Crippen LogP contribution in [0.15, 0.2) is 18.3 Å². The van der Waals surface area contributed by atoms with Crippen LogP contribution < -0.4 is 4.90 Å². The molecule has 0 saturated heterocycles. The fourth-order valence-electron chi connectivity index (χ4n) is 1.17. The number of rotatable bonds is 4. The fraction of sp³-hybridized carbons (Fsp3) is 0.500. The molecule has 0 unspecified atom stereocenters. The molecule has 0 N–H and O–H groups in total. The third-order valence-corrected chi connectivity index (χ3v) is 2.22. The Kier molecular flexibility index (Phi) is 4.03. The molecule has 0 fully saturated rings. The summed E-state index contributed by atoms with van der Waals surface area (Å²) in [6.45, 7) is 3.19. The summed E-state index contributed by atoms with van der Waals surface area (Å²) < 4.78 is 0. The van der Waals surface area contributed by atoms with Gasteiger partial charge in [0.05, 0.1) is 0 Å². The molecule has 0 bridgehead atoms. The minimum Gasteiger partial charge on any atom is -0.360 e. The number of anilines is 1. The molecule has 0 aliphatic carbocycles. The van der Waals surface area contributed by atoms with Crippen LogP contribution in [0, 0.1) is 0 Å². The molecule has 0 atom stereocenters. The second kappa shape index (κ2) is 5.07. The van der Waals surface area contributed by atoms with E-state index >= 15 is 0 Å². The van der Waals surface area contributed by atoms with Gasteiger partial charge >= 0.3 is 0 Å². The third kappa shape index (κ3) is 2.88. The van der Waals surface area contributed by atoms with Gasteiger partial charge in [-0.1, -0.05) is 13.0 Å². The molecule has 1 heterocycles. The van der Waals surface area contributed by atoms with Crippen molar-refractivity contribution < 1.29 is 0 Å². The zero-order valence-corrected chi connectivity index (χ0v) is 8.88. The summed E-state index contributed by atoms with van der Waals surface area (Å²) in [5, 5.41) is 0. The second-order valence-corrected chi connectivity index (χ2v) is 3.35. The molecular weight excluding hydrogens is 184 g/mol. The Morgan fingerprint density at radius 2 is 2.23 bits per heavy atom. The summed E-state index contributed by atoms with van der Waals surface area (Å²) in [7, 11) is 2.05. The minimum absolute atomic E-state index is 0.533. The molecule has 0 radical (unpaired) electrons. The van der Waals surface area contributed by atoms with Gasteiger partial charge in [-0.15, -0.1) is 11.6 Å². The first-order valence-electron chi connectivity index (χ1n) is 4.50. The van der Waals surface area contributed by atoms with Crippen LogP contribution in [0.4, 0.5) is 5.82 Å². The Bertz CT molecular complexity index is 246. The first kappa shape index (κ1) is 10.3. The number of alkyl halides is 1. The van der Waals surface area contributed by atoms with E-state index in [1.54, 1.807) is 0 Å². The molecule has 1 aromatic heterocycles. The molecule has 3 heteroatoms. The van der Waals surface area contributed by atoms with Crippen molar-refractivity contribution in [2.24, 2.45) is 0 Å². The molecule has 0 saturated carbocycles. The first-order chi connectivity index (χ1) is 6.27. The fourth-order valence-corrected chi connectivity index (χ4v) is 1.33. The lowest BCUT2D eigenvalue weighted by Crippen LogP contribution is -2.18.